The Hall–Kier alpha value is -2.09. The minimum Gasteiger partial charge on any atom is -0.465 e. The lowest BCUT2D eigenvalue weighted by Crippen LogP contribution is -2.45. The summed E-state index contributed by atoms with van der Waals surface area (Å²) in [6, 6.07) is -0.707. The molecular weight excluding hydrogens is 464 g/mol. The van der Waals surface area contributed by atoms with Crippen molar-refractivity contribution >= 4 is 47.8 Å². The van der Waals surface area contributed by atoms with Crippen molar-refractivity contribution in [1.82, 2.24) is 24.6 Å². The van der Waals surface area contributed by atoms with Crippen molar-refractivity contribution in [1.29, 1.82) is 0 Å². The first-order valence-electron chi connectivity index (χ1n) is 9.87. The number of esters is 1. The molecule has 2 unspecified atom stereocenters. The smallest absolute Gasteiger partial charge is 0.440 e. The van der Waals surface area contributed by atoms with Gasteiger partial charge < -0.3 is 25.6 Å². The molecule has 2 aromatic rings. The highest BCUT2D eigenvalue weighted by Gasteiger charge is 2.86. The van der Waals surface area contributed by atoms with Crippen molar-refractivity contribution in [3.63, 3.8) is 0 Å². The largest absolute Gasteiger partial charge is 0.465 e. The highest BCUT2D eigenvalue weighted by Crippen LogP contribution is 2.64. The summed E-state index contributed by atoms with van der Waals surface area (Å²) in [5.74, 6) is -0.122. The second-order valence-electron chi connectivity index (χ2n) is 7.70. The third-order valence-corrected chi connectivity index (χ3v) is 7.22. The zero-order valence-corrected chi connectivity index (χ0v) is 19.5. The first kappa shape index (κ1) is 23.1. The number of hydrogen-bond donors (Lipinski definition) is 4. The van der Waals surface area contributed by atoms with Crippen molar-refractivity contribution in [2.75, 3.05) is 24.7 Å². The Morgan fingerprint density at radius 3 is 2.88 bits per heavy atom. The van der Waals surface area contributed by atoms with Crippen molar-refractivity contribution in [3.8, 4) is 0 Å². The molecule has 174 valence electrons. The fraction of sp³-hybridized carbons (Fsp3) is 0.647. The molecule has 5 N–H and O–H groups in total. The molecule has 0 spiro atoms. The van der Waals surface area contributed by atoms with Crippen molar-refractivity contribution < 1.29 is 28.3 Å². The van der Waals surface area contributed by atoms with E-state index in [0.29, 0.717) is 11.3 Å². The van der Waals surface area contributed by atoms with E-state index in [9.17, 15) is 9.90 Å². The standard InChI is InChI=1S/C17H24FN7O5PS/c1-5-28-13(26)7(2)24-31(32)30-10-9-17(10,27)16(3,18)14(29-9)25-6-21-8-11(20-4)22-15(19)23-12(8)25/h6-7,9-10,14,27H,5H2,1-4H3,(H,24,32)(H3,19,20,22,23)/q+1/t7-,9+,10?,14+,16-,17-/m0/s1. The number of imidazole rings is 1. The van der Waals surface area contributed by atoms with Gasteiger partial charge in [-0.3, -0.25) is 9.36 Å². The minimum absolute atomic E-state index is 0.0224. The van der Waals surface area contributed by atoms with Crippen LogP contribution in [0.15, 0.2) is 6.33 Å². The van der Waals surface area contributed by atoms with Crippen LogP contribution in [-0.4, -0.2) is 73.8 Å². The number of alkyl halides is 1. The van der Waals surface area contributed by atoms with E-state index in [0.717, 1.165) is 0 Å². The SMILES string of the molecule is CCOC(=O)[C@H](C)N[P+](=S)OC1[C@H]2O[C@@H](n3cnc4c(NC)nc(N)nc43)[C@](C)(F)[C@@]12O. The van der Waals surface area contributed by atoms with Gasteiger partial charge in [0.25, 0.3) is 0 Å². The number of carbonyl (C=O) groups is 1. The van der Waals surface area contributed by atoms with Gasteiger partial charge in [0.2, 0.25) is 17.8 Å². The molecule has 4 rings (SSSR count). The van der Waals surface area contributed by atoms with Gasteiger partial charge in [-0.2, -0.15) is 9.97 Å². The molecular formula is C17H24FN7O5PS+. The van der Waals surface area contributed by atoms with E-state index in [4.69, 9.17) is 31.5 Å². The number of carbonyl (C=O) groups excluding carboxylic acids is 1. The Morgan fingerprint density at radius 1 is 1.56 bits per heavy atom. The van der Waals surface area contributed by atoms with Crippen LogP contribution < -0.4 is 16.1 Å². The maximum Gasteiger partial charge on any atom is 0.440 e. The summed E-state index contributed by atoms with van der Waals surface area (Å²) >= 11 is 5.23. The van der Waals surface area contributed by atoms with Crippen LogP contribution in [0.2, 0.25) is 0 Å². The summed E-state index contributed by atoms with van der Waals surface area (Å²) in [7, 11) is -0.128. The molecule has 1 aliphatic carbocycles. The first-order valence-corrected chi connectivity index (χ1v) is 12.1. The van der Waals surface area contributed by atoms with Gasteiger partial charge in [0.15, 0.2) is 40.6 Å². The van der Waals surface area contributed by atoms with Crippen LogP contribution >= 0.6 is 7.07 Å². The lowest BCUT2D eigenvalue weighted by molar-refractivity contribution is -0.144. The van der Waals surface area contributed by atoms with E-state index in [1.54, 1.807) is 20.9 Å². The van der Waals surface area contributed by atoms with Crippen molar-refractivity contribution in [2.24, 2.45) is 0 Å². The quantitative estimate of drug-likeness (QED) is 0.302. The zero-order chi connectivity index (χ0) is 23.4. The maximum absolute atomic E-state index is 15.9. The third kappa shape index (κ3) is 3.42. The summed E-state index contributed by atoms with van der Waals surface area (Å²) in [6.45, 7) is 4.72. The number of anilines is 2. The van der Waals surface area contributed by atoms with Crippen molar-refractivity contribution in [2.45, 2.75) is 56.5 Å². The molecule has 7 atom stereocenters. The first-order chi connectivity index (χ1) is 15.1. The molecule has 2 aliphatic rings. The molecule has 32 heavy (non-hydrogen) atoms. The molecule has 0 aromatic carbocycles. The van der Waals surface area contributed by atoms with Gasteiger partial charge in [-0.15, -0.1) is 4.52 Å². The van der Waals surface area contributed by atoms with Gasteiger partial charge in [-0.25, -0.2) is 9.37 Å². The predicted octanol–water partition coefficient (Wildman–Crippen LogP) is 0.521. The second-order valence-corrected chi connectivity index (χ2v) is 9.68. The van der Waals surface area contributed by atoms with Crippen LogP contribution in [0.4, 0.5) is 16.2 Å². The fourth-order valence-electron chi connectivity index (χ4n) is 3.86. The highest BCUT2D eigenvalue weighted by molar-refractivity contribution is 8.02. The summed E-state index contributed by atoms with van der Waals surface area (Å²) in [6.07, 6.45) is -1.84. The number of halogens is 1. The van der Waals surface area contributed by atoms with Crippen LogP contribution in [-0.2, 0) is 30.6 Å². The zero-order valence-electron chi connectivity index (χ0n) is 17.8. The summed E-state index contributed by atoms with van der Waals surface area (Å²) < 4.78 is 33.7. The number of nitrogens with zero attached hydrogens (tertiary/aromatic N) is 4. The molecule has 1 saturated heterocycles. The number of hydrogen-bond acceptors (Lipinski definition) is 11. The summed E-state index contributed by atoms with van der Waals surface area (Å²) in [5.41, 5.74) is 2.19. The lowest BCUT2D eigenvalue weighted by atomic mass is 9.97. The lowest BCUT2D eigenvalue weighted by Gasteiger charge is -2.29. The normalized spacial score (nSPS) is 32.4. The van der Waals surface area contributed by atoms with E-state index in [1.165, 1.54) is 17.8 Å². The van der Waals surface area contributed by atoms with Gasteiger partial charge in [0, 0.05) is 7.05 Å². The molecule has 1 saturated carbocycles. The maximum atomic E-state index is 15.9. The molecule has 12 nitrogen and oxygen atoms in total. The Labute approximate surface area is 188 Å². The molecule has 1 aliphatic heterocycles. The van der Waals surface area contributed by atoms with E-state index in [2.05, 4.69) is 25.4 Å². The van der Waals surface area contributed by atoms with Crippen LogP contribution in [0.1, 0.15) is 27.0 Å². The number of aliphatic hydroxyl groups is 1. The molecule has 2 aromatic heterocycles. The van der Waals surface area contributed by atoms with E-state index < -0.39 is 48.8 Å². The molecule has 3 heterocycles. The van der Waals surface area contributed by atoms with Gasteiger partial charge in [-0.05, 0) is 20.8 Å². The number of nitrogens with two attached hydrogens (primary N) is 1. The average Bonchev–Trinajstić information content (AvgIpc) is 3.00. The van der Waals surface area contributed by atoms with Gasteiger partial charge >= 0.3 is 13.0 Å². The van der Waals surface area contributed by atoms with E-state index in [-0.39, 0.29) is 18.2 Å². The van der Waals surface area contributed by atoms with Crippen LogP contribution in [0.3, 0.4) is 0 Å². The number of aromatic nitrogens is 4. The Bertz CT molecular complexity index is 1090. The van der Waals surface area contributed by atoms with Crippen LogP contribution in [0.25, 0.3) is 11.2 Å². The minimum atomic E-state index is -2.27. The monoisotopic (exact) mass is 488 g/mol. The molecule has 0 radical (unpaired) electrons. The topological polar surface area (TPSA) is 159 Å². The number of nitrogen functional groups attached to an aromatic ring is 1. The number of fused-ring (bicyclic) bond motifs is 2. The highest BCUT2D eigenvalue weighted by atomic mass is 32.4. The van der Waals surface area contributed by atoms with Gasteiger partial charge in [0.05, 0.1) is 12.9 Å². The Morgan fingerprint density at radius 2 is 2.28 bits per heavy atom. The molecule has 2 fully saturated rings. The summed E-state index contributed by atoms with van der Waals surface area (Å²) in [5, 5.41) is 16.7. The number of nitrogens with one attached hydrogen (secondary N) is 2. The van der Waals surface area contributed by atoms with Gasteiger partial charge in [-0.1, -0.05) is 5.09 Å². The van der Waals surface area contributed by atoms with E-state index in [1.807, 2.05) is 0 Å². The third-order valence-electron chi connectivity index (χ3n) is 5.63. The molecule has 15 heteroatoms. The molecule has 0 bridgehead atoms. The number of rotatable bonds is 8. The fourth-order valence-corrected chi connectivity index (χ4v) is 5.58. The predicted molar refractivity (Wildman–Crippen MR) is 116 cm³/mol. The van der Waals surface area contributed by atoms with Gasteiger partial charge in [0.1, 0.15) is 12.1 Å². The average molecular weight is 488 g/mol. The number of ether oxygens (including phenoxy) is 2. The molecule has 0 amide bonds. The Kier molecular flexibility index (Phi) is 5.80. The Balaban J connectivity index is 1.51. The second kappa shape index (κ2) is 8.04. The summed E-state index contributed by atoms with van der Waals surface area (Å²) in [4.78, 5) is 24.2. The van der Waals surface area contributed by atoms with E-state index >= 15 is 4.39 Å². The van der Waals surface area contributed by atoms with Crippen LogP contribution in [0.5, 0.6) is 0 Å². The van der Waals surface area contributed by atoms with Crippen molar-refractivity contribution in [3.05, 3.63) is 6.33 Å². The van der Waals surface area contributed by atoms with Crippen LogP contribution in [0, 0.1) is 0 Å².